The Balaban J connectivity index is 6.55. The number of aliphatic hydroxyl groups is 1. The van der Waals surface area contributed by atoms with Crippen molar-refractivity contribution in [2.45, 2.75) is 147 Å². The zero-order chi connectivity index (χ0) is 73.6. The van der Waals surface area contributed by atoms with E-state index in [1.807, 2.05) is 0 Å². The molecule has 16 nitrogen and oxygen atoms in total. The molecule has 0 saturated carbocycles. The molecule has 0 saturated heterocycles. The number of hydrogen-bond acceptors (Lipinski definition) is 16. The average molecular weight is 1500 g/mol. The highest BCUT2D eigenvalue weighted by Crippen LogP contribution is 2.58. The number of aliphatic hydroxyl groups excluding tert-OH is 1. The molecular formula is C30H20F44O16Si. The monoisotopic (exact) mass is 1500 g/mol. The predicted octanol–water partition coefficient (Wildman–Crippen LogP) is 13.5. The second-order valence-electron chi connectivity index (χ2n) is 15.3. The van der Waals surface area contributed by atoms with Crippen LogP contribution in [0, 0.1) is 0 Å². The van der Waals surface area contributed by atoms with Crippen molar-refractivity contribution in [1.29, 1.82) is 0 Å². The summed E-state index contributed by atoms with van der Waals surface area (Å²) in [6.45, 7) is -6.91. The zero-order valence-corrected chi connectivity index (χ0v) is 42.2. The Kier molecular flexibility index (Phi) is 25.5. The maximum Gasteiger partial charge on any atom is 0.500 e. The third-order valence-corrected chi connectivity index (χ3v) is 11.2. The van der Waals surface area contributed by atoms with Gasteiger partial charge >= 0.3 is 143 Å². The molecule has 0 unspecified atom stereocenters. The number of alkyl halides is 44. The van der Waals surface area contributed by atoms with Crippen molar-refractivity contribution in [3.05, 3.63) is 0 Å². The highest BCUT2D eigenvalue weighted by molar-refractivity contribution is 6.60. The van der Waals surface area contributed by atoms with Crippen LogP contribution < -0.4 is 0 Å². The molecule has 91 heavy (non-hydrogen) atoms. The van der Waals surface area contributed by atoms with Crippen LogP contribution in [0.1, 0.15) is 6.42 Å². The van der Waals surface area contributed by atoms with Gasteiger partial charge in [-0.2, -0.15) is 193 Å². The van der Waals surface area contributed by atoms with Gasteiger partial charge in [0.15, 0.2) is 0 Å². The Hall–Kier alpha value is -3.50. The van der Waals surface area contributed by atoms with E-state index < -0.39 is 169 Å². The van der Waals surface area contributed by atoms with Crippen molar-refractivity contribution in [3.8, 4) is 0 Å². The number of hydrogen-bond donors (Lipinski definition) is 1. The molecule has 548 valence electrons. The number of ether oxygens (including phenoxy) is 12. The molecule has 0 aromatic carbocycles. The van der Waals surface area contributed by atoms with Crippen LogP contribution >= 0.6 is 0 Å². The van der Waals surface area contributed by atoms with Crippen molar-refractivity contribution in [2.24, 2.45) is 0 Å². The van der Waals surface area contributed by atoms with Crippen molar-refractivity contribution < 1.29 is 268 Å². The van der Waals surface area contributed by atoms with E-state index in [1.165, 1.54) is 9.47 Å². The summed E-state index contributed by atoms with van der Waals surface area (Å²) in [5.74, 6) is 0. The molecule has 0 aliphatic carbocycles. The Morgan fingerprint density at radius 3 is 0.516 bits per heavy atom. The van der Waals surface area contributed by atoms with Crippen LogP contribution in [0.25, 0.3) is 0 Å². The lowest BCUT2D eigenvalue weighted by Crippen LogP contribution is -2.63. The Morgan fingerprint density at radius 2 is 0.374 bits per heavy atom. The molecule has 0 rings (SSSR count). The minimum atomic E-state index is -8.83. The van der Waals surface area contributed by atoms with Gasteiger partial charge < -0.3 is 23.1 Å². The van der Waals surface area contributed by atoms with Crippen molar-refractivity contribution in [3.63, 3.8) is 0 Å². The van der Waals surface area contributed by atoms with Crippen LogP contribution in [0.5, 0.6) is 0 Å². The molecule has 1 N–H and O–H groups in total. The first-order valence-electron chi connectivity index (χ1n) is 20.1. The predicted molar refractivity (Wildman–Crippen MR) is 175 cm³/mol. The Labute approximate surface area is 466 Å². The lowest BCUT2D eigenvalue weighted by Gasteiger charge is -2.38. The second-order valence-corrected chi connectivity index (χ2v) is 18.4. The van der Waals surface area contributed by atoms with Crippen molar-refractivity contribution >= 4 is 8.80 Å². The smallest absolute Gasteiger partial charge is 0.387 e. The van der Waals surface area contributed by atoms with Gasteiger partial charge in [0.1, 0.15) is 13.2 Å². The lowest BCUT2D eigenvalue weighted by atomic mass is 10.4. The summed E-state index contributed by atoms with van der Waals surface area (Å²) >= 11 is 0. The van der Waals surface area contributed by atoms with Gasteiger partial charge in [-0.25, -0.2) is 52.1 Å². The summed E-state index contributed by atoms with van der Waals surface area (Å²) < 4.78 is 634. The molecule has 0 fully saturated rings. The fourth-order valence-electron chi connectivity index (χ4n) is 4.21. The highest BCUT2D eigenvalue weighted by atomic mass is 28.4. The van der Waals surface area contributed by atoms with E-state index in [9.17, 15) is 193 Å². The number of halogens is 44. The Morgan fingerprint density at radius 1 is 0.231 bits per heavy atom. The third kappa shape index (κ3) is 20.3. The fourth-order valence-corrected chi connectivity index (χ4v) is 5.90. The summed E-state index contributed by atoms with van der Waals surface area (Å²) in [5, 5.41) is 7.94. The van der Waals surface area contributed by atoms with Crippen LogP contribution in [0.15, 0.2) is 0 Å². The maximum atomic E-state index is 13.9. The molecule has 0 heterocycles. The van der Waals surface area contributed by atoms with Crippen LogP contribution in [0.4, 0.5) is 193 Å². The first kappa shape index (κ1) is 87.5. The Bertz CT molecular complexity index is 2350. The normalized spacial score (nSPS) is 16.4. The number of rotatable bonds is 42. The van der Waals surface area contributed by atoms with Gasteiger partial charge in [0, 0.05) is 34.0 Å². The van der Waals surface area contributed by atoms with E-state index in [0.717, 1.165) is 54.5 Å². The van der Waals surface area contributed by atoms with Gasteiger partial charge in [0.05, 0.1) is 0 Å². The average Bonchev–Trinajstić information content (AvgIpc) is 0.767. The molecule has 0 aliphatic rings. The van der Waals surface area contributed by atoms with E-state index in [-0.39, 0.29) is 6.04 Å². The summed E-state index contributed by atoms with van der Waals surface area (Å²) in [6, 6.07) is -0.383. The molecule has 0 bridgehead atoms. The lowest BCUT2D eigenvalue weighted by molar-refractivity contribution is -0.604. The summed E-state index contributed by atoms with van der Waals surface area (Å²) in [6.07, 6.45) is -182. The molecule has 0 atom stereocenters. The first-order chi connectivity index (χ1) is 39.2. The molecule has 0 spiro atoms. The van der Waals surface area contributed by atoms with Crippen molar-refractivity contribution in [1.82, 2.24) is 0 Å². The highest BCUT2D eigenvalue weighted by Gasteiger charge is 2.84. The molecule has 0 radical (unpaired) electrons. The molecular weight excluding hydrogens is 1480 g/mol. The molecule has 0 aliphatic heterocycles. The molecule has 0 aromatic rings. The molecule has 0 amide bonds. The minimum Gasteiger partial charge on any atom is -0.387 e. The van der Waals surface area contributed by atoms with Gasteiger partial charge in [-0.15, -0.1) is 0 Å². The SMILES string of the molecule is CO[Si](CCCOCC(F)(F)OC(F)(F)C(F)(F)OC(F)(F)C(F)(F)OC(F)(F)C(F)(F)OC(F)(F)C(F)(F)OC(F)(F)C(F)(F)OC(F)(F)C(F)(F)OC(F)(F)C(F)(F)OC(F)(F)C(F)(F)OC(F)(F)C(F)(F)OC(F)(F)C(F)(F)OC(F)(F)CO)(OC)OC. The largest absolute Gasteiger partial charge is 0.500 e. The summed E-state index contributed by atoms with van der Waals surface area (Å²) in [5.41, 5.74) is 0. The van der Waals surface area contributed by atoms with Gasteiger partial charge in [0.2, 0.25) is 0 Å². The summed E-state index contributed by atoms with van der Waals surface area (Å²) in [4.78, 5) is 0. The van der Waals surface area contributed by atoms with Crippen molar-refractivity contribution in [2.75, 3.05) is 41.2 Å². The quantitative estimate of drug-likeness (QED) is 0.0349. The summed E-state index contributed by atoms with van der Waals surface area (Å²) in [7, 11) is -0.651. The zero-order valence-electron chi connectivity index (χ0n) is 41.2. The maximum absolute atomic E-state index is 13.9. The third-order valence-electron chi connectivity index (χ3n) is 8.41. The minimum absolute atomic E-state index is 0.383. The molecule has 61 heteroatoms. The van der Waals surface area contributed by atoms with E-state index in [4.69, 9.17) is 18.4 Å². The van der Waals surface area contributed by atoms with Crippen LogP contribution in [-0.2, 0) is 70.1 Å². The van der Waals surface area contributed by atoms with E-state index >= 15 is 0 Å². The van der Waals surface area contributed by atoms with Crippen LogP contribution in [0.2, 0.25) is 6.04 Å². The topological polar surface area (TPSA) is 159 Å². The van der Waals surface area contributed by atoms with Crippen LogP contribution in [-0.4, -0.2) is 189 Å². The van der Waals surface area contributed by atoms with Gasteiger partial charge in [0.25, 0.3) is 0 Å². The van der Waals surface area contributed by atoms with Gasteiger partial charge in [-0.1, -0.05) is 0 Å². The van der Waals surface area contributed by atoms with Crippen LogP contribution in [0.3, 0.4) is 0 Å². The van der Waals surface area contributed by atoms with E-state index in [1.54, 1.807) is 4.74 Å². The standard InChI is InChI=1S/C30H20F44O16Si/c1-76-91(77-2,78-3)6-4-5-79-8-10(33,34)81-12(37,38)14(41,42)83-16(45,46)18(49,50)85-20(53,54)22(57,58)87-24(61,62)26(65,66)89-28(69,70)30(73,74)90-29(71,72)27(67,68)88-25(63,64)23(59,60)86-21(55,56)19(51,52)84-17(47,48)15(43,44)82-13(39,40)11(35,36)80-9(31,32)7-75/h75H,4-8H2,1-3H3. The first-order valence-corrected chi connectivity index (χ1v) is 22.0. The fraction of sp³-hybridized carbons (Fsp3) is 1.00. The second kappa shape index (κ2) is 26.5. The van der Waals surface area contributed by atoms with Gasteiger partial charge in [-0.3, -0.25) is 0 Å². The van der Waals surface area contributed by atoms with Gasteiger partial charge in [-0.05, 0) is 6.42 Å². The molecule has 0 aromatic heterocycles. The van der Waals surface area contributed by atoms with E-state index in [0.29, 0.717) is 0 Å². The van der Waals surface area contributed by atoms with E-state index in [2.05, 4.69) is 9.47 Å².